The highest BCUT2D eigenvalue weighted by molar-refractivity contribution is 5.90. The molecule has 0 aliphatic rings. The van der Waals surface area contributed by atoms with Crippen molar-refractivity contribution in [2.24, 2.45) is 5.73 Å². The van der Waals surface area contributed by atoms with Crippen LogP contribution in [0, 0.1) is 18.3 Å². The third-order valence-corrected chi connectivity index (χ3v) is 2.43. The van der Waals surface area contributed by atoms with Gasteiger partial charge in [0.2, 0.25) is 0 Å². The van der Waals surface area contributed by atoms with Crippen LogP contribution in [0.2, 0.25) is 0 Å². The molecule has 17 heavy (non-hydrogen) atoms. The lowest BCUT2D eigenvalue weighted by Gasteiger charge is -2.07. The van der Waals surface area contributed by atoms with Crippen molar-refractivity contribution in [1.82, 2.24) is 9.78 Å². The first-order valence-corrected chi connectivity index (χ1v) is 4.99. The number of nitrogens with zero attached hydrogens (tertiary/aromatic N) is 3. The largest absolute Gasteiger partial charge is 0.364 e. The molecule has 2 N–H and O–H groups in total. The van der Waals surface area contributed by atoms with Gasteiger partial charge in [-0.1, -0.05) is 12.1 Å². The summed E-state index contributed by atoms with van der Waals surface area (Å²) in [5, 5.41) is 13.1. The second-order valence-electron chi connectivity index (χ2n) is 3.59. The van der Waals surface area contributed by atoms with Gasteiger partial charge in [-0.15, -0.1) is 0 Å². The predicted molar refractivity (Wildman–Crippen MR) is 61.5 cm³/mol. The molecule has 2 aromatic rings. The second kappa shape index (κ2) is 4.10. The molecular weight excluding hydrogens is 216 g/mol. The quantitative estimate of drug-likeness (QED) is 0.833. The fourth-order valence-corrected chi connectivity index (χ4v) is 1.63. The van der Waals surface area contributed by atoms with Crippen molar-refractivity contribution >= 4 is 5.91 Å². The van der Waals surface area contributed by atoms with Crippen LogP contribution in [0.4, 0.5) is 0 Å². The van der Waals surface area contributed by atoms with Crippen LogP contribution in [0.25, 0.3) is 5.69 Å². The van der Waals surface area contributed by atoms with E-state index in [-0.39, 0.29) is 5.69 Å². The molecule has 0 aliphatic carbocycles. The fourth-order valence-electron chi connectivity index (χ4n) is 1.63. The van der Waals surface area contributed by atoms with Crippen LogP contribution < -0.4 is 5.73 Å². The number of hydrogen-bond donors (Lipinski definition) is 1. The molecule has 1 heterocycles. The molecule has 0 saturated heterocycles. The maximum atomic E-state index is 11.0. The van der Waals surface area contributed by atoms with Crippen molar-refractivity contribution < 1.29 is 4.79 Å². The van der Waals surface area contributed by atoms with Gasteiger partial charge in [0, 0.05) is 6.20 Å². The number of amides is 1. The third-order valence-electron chi connectivity index (χ3n) is 2.43. The zero-order valence-electron chi connectivity index (χ0n) is 9.21. The summed E-state index contributed by atoms with van der Waals surface area (Å²) in [6.07, 6.45) is 1.61. The Hall–Kier alpha value is -2.61. The molecule has 5 nitrogen and oxygen atoms in total. The van der Waals surface area contributed by atoms with Gasteiger partial charge in [0.1, 0.15) is 11.8 Å². The number of nitriles is 1. The molecule has 0 unspecified atom stereocenters. The van der Waals surface area contributed by atoms with Crippen molar-refractivity contribution in [3.05, 3.63) is 47.3 Å². The average Bonchev–Trinajstić information content (AvgIpc) is 2.77. The molecular formula is C12H10N4O. The molecule has 1 amide bonds. The normalized spacial score (nSPS) is 9.88. The summed E-state index contributed by atoms with van der Waals surface area (Å²) in [6.45, 7) is 1.88. The molecule has 2 rings (SSSR count). The van der Waals surface area contributed by atoms with Gasteiger partial charge in [0.25, 0.3) is 5.91 Å². The number of benzene rings is 1. The summed E-state index contributed by atoms with van der Waals surface area (Å²) in [5.74, 6) is -0.587. The predicted octanol–water partition coefficient (Wildman–Crippen LogP) is 1.15. The van der Waals surface area contributed by atoms with E-state index < -0.39 is 5.91 Å². The molecule has 1 aromatic carbocycles. The lowest BCUT2D eigenvalue weighted by molar-refractivity contribution is 0.0995. The standard InChI is InChI=1S/C12H10N4O/c1-8-3-2-4-9(7-13)11(8)16-6-5-10(15-16)12(14)17/h2-6H,1H3,(H2,14,17). The Kier molecular flexibility index (Phi) is 2.63. The summed E-state index contributed by atoms with van der Waals surface area (Å²) in [7, 11) is 0. The highest BCUT2D eigenvalue weighted by atomic mass is 16.1. The van der Waals surface area contributed by atoms with Crippen molar-refractivity contribution in [1.29, 1.82) is 5.26 Å². The SMILES string of the molecule is Cc1cccc(C#N)c1-n1ccc(C(N)=O)n1. The van der Waals surface area contributed by atoms with Crippen LogP contribution in [0.15, 0.2) is 30.5 Å². The maximum absolute atomic E-state index is 11.0. The van der Waals surface area contributed by atoms with E-state index in [0.29, 0.717) is 11.3 Å². The summed E-state index contributed by atoms with van der Waals surface area (Å²) in [6, 6.07) is 9.00. The van der Waals surface area contributed by atoms with Gasteiger partial charge in [-0.05, 0) is 24.6 Å². The number of para-hydroxylation sites is 1. The summed E-state index contributed by atoms with van der Waals surface area (Å²) < 4.78 is 1.49. The van der Waals surface area contributed by atoms with Crippen LogP contribution in [0.1, 0.15) is 21.6 Å². The first-order chi connectivity index (χ1) is 8.13. The van der Waals surface area contributed by atoms with Gasteiger partial charge in [0.05, 0.1) is 11.3 Å². The zero-order chi connectivity index (χ0) is 12.4. The van der Waals surface area contributed by atoms with Crippen LogP contribution in [-0.4, -0.2) is 15.7 Å². The first kappa shape index (κ1) is 10.9. The van der Waals surface area contributed by atoms with E-state index in [0.717, 1.165) is 5.56 Å². The molecule has 0 radical (unpaired) electrons. The molecule has 0 fully saturated rings. The number of aromatic nitrogens is 2. The molecule has 5 heteroatoms. The number of hydrogen-bond acceptors (Lipinski definition) is 3. The van der Waals surface area contributed by atoms with Crippen molar-refractivity contribution in [3.63, 3.8) is 0 Å². The zero-order valence-corrected chi connectivity index (χ0v) is 9.21. The molecule has 84 valence electrons. The average molecular weight is 226 g/mol. The Morgan fingerprint density at radius 3 is 2.82 bits per heavy atom. The first-order valence-electron chi connectivity index (χ1n) is 4.99. The Balaban J connectivity index is 2.60. The summed E-state index contributed by atoms with van der Waals surface area (Å²) in [5.41, 5.74) is 7.39. The minimum absolute atomic E-state index is 0.178. The van der Waals surface area contributed by atoms with Crippen molar-refractivity contribution in [3.8, 4) is 11.8 Å². The Morgan fingerprint density at radius 1 is 1.47 bits per heavy atom. The topological polar surface area (TPSA) is 84.7 Å². The number of aryl methyl sites for hydroxylation is 1. The molecule has 0 bridgehead atoms. The summed E-state index contributed by atoms with van der Waals surface area (Å²) in [4.78, 5) is 11.0. The van der Waals surface area contributed by atoms with Gasteiger partial charge < -0.3 is 5.73 Å². The van der Waals surface area contributed by atoms with E-state index in [2.05, 4.69) is 11.2 Å². The number of primary amides is 1. The minimum Gasteiger partial charge on any atom is -0.364 e. The molecule has 0 saturated carbocycles. The minimum atomic E-state index is -0.587. The van der Waals surface area contributed by atoms with E-state index >= 15 is 0 Å². The van der Waals surface area contributed by atoms with Gasteiger partial charge in [-0.2, -0.15) is 10.4 Å². The van der Waals surface area contributed by atoms with E-state index in [4.69, 9.17) is 11.0 Å². The van der Waals surface area contributed by atoms with Crippen LogP contribution in [0.3, 0.4) is 0 Å². The lowest BCUT2D eigenvalue weighted by atomic mass is 10.1. The smallest absolute Gasteiger partial charge is 0.269 e. The highest BCUT2D eigenvalue weighted by Gasteiger charge is 2.11. The monoisotopic (exact) mass is 226 g/mol. The number of nitrogens with two attached hydrogens (primary N) is 1. The van der Waals surface area contributed by atoms with Gasteiger partial charge in [-0.3, -0.25) is 4.79 Å². The maximum Gasteiger partial charge on any atom is 0.269 e. The van der Waals surface area contributed by atoms with Crippen LogP contribution in [0.5, 0.6) is 0 Å². The fraction of sp³-hybridized carbons (Fsp3) is 0.0833. The van der Waals surface area contributed by atoms with Gasteiger partial charge >= 0.3 is 0 Å². The Bertz CT molecular complexity index is 622. The van der Waals surface area contributed by atoms with E-state index in [1.807, 2.05) is 13.0 Å². The number of carbonyl (C=O) groups excluding carboxylic acids is 1. The highest BCUT2D eigenvalue weighted by Crippen LogP contribution is 2.18. The number of rotatable bonds is 2. The third kappa shape index (κ3) is 1.88. The van der Waals surface area contributed by atoms with Crippen molar-refractivity contribution in [2.45, 2.75) is 6.92 Å². The van der Waals surface area contributed by atoms with Crippen molar-refractivity contribution in [2.75, 3.05) is 0 Å². The second-order valence-corrected chi connectivity index (χ2v) is 3.59. The van der Waals surface area contributed by atoms with E-state index in [1.54, 1.807) is 18.3 Å². The number of carbonyl (C=O) groups is 1. The van der Waals surface area contributed by atoms with Crippen LogP contribution in [-0.2, 0) is 0 Å². The Morgan fingerprint density at radius 2 is 2.24 bits per heavy atom. The molecule has 1 aromatic heterocycles. The van der Waals surface area contributed by atoms with Gasteiger partial charge in [-0.25, -0.2) is 4.68 Å². The molecule has 0 aliphatic heterocycles. The van der Waals surface area contributed by atoms with E-state index in [9.17, 15) is 4.79 Å². The summed E-state index contributed by atoms with van der Waals surface area (Å²) >= 11 is 0. The van der Waals surface area contributed by atoms with Crippen LogP contribution >= 0.6 is 0 Å². The lowest BCUT2D eigenvalue weighted by Crippen LogP contribution is -2.12. The molecule has 0 spiro atoms. The Labute approximate surface area is 98.1 Å². The molecule has 0 atom stereocenters. The van der Waals surface area contributed by atoms with Gasteiger partial charge in [0.15, 0.2) is 0 Å². The van der Waals surface area contributed by atoms with E-state index in [1.165, 1.54) is 10.7 Å².